The molecule has 0 fully saturated rings. The number of aliphatic hydroxyl groups is 1. The number of benzene rings is 2. The molecule has 0 radical (unpaired) electrons. The van der Waals surface area contributed by atoms with Gasteiger partial charge in [0.15, 0.2) is 0 Å². The minimum Gasteiger partial charge on any atom is -0.507 e. The number of rotatable bonds is 1. The normalized spacial score (nSPS) is 16.1. The molecule has 0 aliphatic heterocycles. The van der Waals surface area contributed by atoms with Gasteiger partial charge >= 0.3 is 0 Å². The summed E-state index contributed by atoms with van der Waals surface area (Å²) in [5, 5.41) is 20.6. The number of Topliss-reactive ketones (excluding diaryl/α,β-unsaturated/α-hetero) is 2. The summed E-state index contributed by atoms with van der Waals surface area (Å²) in [5.74, 6) is -1.14. The molecule has 0 bridgehead atoms. The van der Waals surface area contributed by atoms with E-state index in [9.17, 15) is 19.8 Å². The quantitative estimate of drug-likeness (QED) is 0.787. The van der Waals surface area contributed by atoms with Crippen LogP contribution in [0.25, 0.3) is 0 Å². The number of carbonyl (C=O) groups excluding carboxylic acids is 2. The SMILES string of the molecule is Cc1cc(C2(O)C(=O)c3ccccc3C2=O)cc(C)c1O. The summed E-state index contributed by atoms with van der Waals surface area (Å²) in [6.07, 6.45) is 0. The number of aryl methyl sites for hydroxylation is 2. The zero-order valence-corrected chi connectivity index (χ0v) is 11.7. The number of phenols is 1. The zero-order chi connectivity index (χ0) is 15.4. The first-order chi connectivity index (χ1) is 9.87. The fourth-order valence-corrected chi connectivity index (χ4v) is 2.80. The molecule has 1 aliphatic carbocycles. The van der Waals surface area contributed by atoms with E-state index >= 15 is 0 Å². The van der Waals surface area contributed by atoms with Crippen LogP contribution >= 0.6 is 0 Å². The molecule has 0 aromatic heterocycles. The number of hydrogen-bond donors (Lipinski definition) is 2. The van der Waals surface area contributed by atoms with Crippen molar-refractivity contribution in [2.24, 2.45) is 0 Å². The van der Waals surface area contributed by atoms with Gasteiger partial charge in [0.25, 0.3) is 0 Å². The average molecular weight is 282 g/mol. The van der Waals surface area contributed by atoms with Gasteiger partial charge in [-0.3, -0.25) is 9.59 Å². The predicted octanol–water partition coefficient (Wildman–Crippen LogP) is 2.28. The van der Waals surface area contributed by atoms with Crippen molar-refractivity contribution >= 4 is 11.6 Å². The Morgan fingerprint density at radius 2 is 1.33 bits per heavy atom. The van der Waals surface area contributed by atoms with Crippen molar-refractivity contribution in [3.8, 4) is 5.75 Å². The molecule has 21 heavy (non-hydrogen) atoms. The van der Waals surface area contributed by atoms with Crippen LogP contribution in [-0.2, 0) is 5.60 Å². The Morgan fingerprint density at radius 1 is 0.905 bits per heavy atom. The molecule has 0 atom stereocenters. The molecule has 0 unspecified atom stereocenters. The van der Waals surface area contributed by atoms with Crippen LogP contribution in [0.3, 0.4) is 0 Å². The lowest BCUT2D eigenvalue weighted by Gasteiger charge is -2.21. The van der Waals surface area contributed by atoms with Crippen molar-refractivity contribution in [2.45, 2.75) is 19.4 Å². The molecule has 0 amide bonds. The molecule has 4 nitrogen and oxygen atoms in total. The van der Waals surface area contributed by atoms with E-state index in [1.54, 1.807) is 26.0 Å². The molecule has 0 spiro atoms. The fraction of sp³-hybridized carbons (Fsp3) is 0.176. The molecule has 0 heterocycles. The topological polar surface area (TPSA) is 74.6 Å². The lowest BCUT2D eigenvalue weighted by molar-refractivity contribution is 0.0321. The van der Waals surface area contributed by atoms with Crippen LogP contribution in [0, 0.1) is 13.8 Å². The van der Waals surface area contributed by atoms with Crippen LogP contribution in [0.1, 0.15) is 37.4 Å². The summed E-state index contributed by atoms with van der Waals surface area (Å²) in [7, 11) is 0. The highest BCUT2D eigenvalue weighted by molar-refractivity contribution is 6.31. The Balaban J connectivity index is 2.24. The molecule has 0 saturated heterocycles. The van der Waals surface area contributed by atoms with Crippen molar-refractivity contribution in [1.82, 2.24) is 0 Å². The van der Waals surface area contributed by atoms with Gasteiger partial charge in [-0.2, -0.15) is 0 Å². The molecule has 2 aromatic carbocycles. The Morgan fingerprint density at radius 3 is 1.76 bits per heavy atom. The molecule has 1 aliphatic rings. The second-order valence-corrected chi connectivity index (χ2v) is 5.37. The van der Waals surface area contributed by atoms with Crippen LogP contribution in [0.2, 0.25) is 0 Å². The first-order valence-electron chi connectivity index (χ1n) is 6.59. The molecule has 2 aromatic rings. The number of hydrogen-bond acceptors (Lipinski definition) is 4. The van der Waals surface area contributed by atoms with Crippen LogP contribution in [0.15, 0.2) is 36.4 Å². The van der Waals surface area contributed by atoms with Crippen molar-refractivity contribution in [3.63, 3.8) is 0 Å². The second-order valence-electron chi connectivity index (χ2n) is 5.37. The van der Waals surface area contributed by atoms with Crippen LogP contribution in [0.4, 0.5) is 0 Å². The molecule has 2 N–H and O–H groups in total. The van der Waals surface area contributed by atoms with E-state index in [-0.39, 0.29) is 22.4 Å². The number of carbonyl (C=O) groups is 2. The highest BCUT2D eigenvalue weighted by atomic mass is 16.3. The summed E-state index contributed by atoms with van der Waals surface area (Å²) in [5.41, 5.74) is -0.527. The van der Waals surface area contributed by atoms with Gasteiger partial charge in [0, 0.05) is 16.7 Å². The maximum absolute atomic E-state index is 12.5. The van der Waals surface area contributed by atoms with Crippen LogP contribution in [-0.4, -0.2) is 21.8 Å². The van der Waals surface area contributed by atoms with Crippen molar-refractivity contribution in [2.75, 3.05) is 0 Å². The maximum Gasteiger partial charge on any atom is 0.216 e. The van der Waals surface area contributed by atoms with Gasteiger partial charge < -0.3 is 10.2 Å². The van der Waals surface area contributed by atoms with Crippen molar-refractivity contribution in [3.05, 3.63) is 64.2 Å². The highest BCUT2D eigenvalue weighted by Gasteiger charge is 2.53. The Kier molecular flexibility index (Phi) is 2.75. The zero-order valence-electron chi connectivity index (χ0n) is 11.7. The average Bonchev–Trinajstić information content (AvgIpc) is 2.68. The van der Waals surface area contributed by atoms with E-state index in [2.05, 4.69) is 0 Å². The highest BCUT2D eigenvalue weighted by Crippen LogP contribution is 2.39. The van der Waals surface area contributed by atoms with E-state index in [0.29, 0.717) is 11.1 Å². The lowest BCUT2D eigenvalue weighted by Crippen LogP contribution is -2.38. The van der Waals surface area contributed by atoms with Gasteiger partial charge in [-0.05, 0) is 37.1 Å². The third-order valence-corrected chi connectivity index (χ3v) is 3.98. The molecular formula is C17H14O4. The molecular weight excluding hydrogens is 268 g/mol. The summed E-state index contributed by atoms with van der Waals surface area (Å²) in [4.78, 5) is 25.0. The van der Waals surface area contributed by atoms with Crippen molar-refractivity contribution in [1.29, 1.82) is 0 Å². The van der Waals surface area contributed by atoms with Gasteiger partial charge in [-0.1, -0.05) is 24.3 Å². The lowest BCUT2D eigenvalue weighted by atomic mass is 9.86. The van der Waals surface area contributed by atoms with E-state index in [1.165, 1.54) is 24.3 Å². The minimum absolute atomic E-state index is 0.0951. The summed E-state index contributed by atoms with van der Waals surface area (Å²) in [6.45, 7) is 3.32. The minimum atomic E-state index is -2.20. The van der Waals surface area contributed by atoms with Gasteiger partial charge in [-0.25, -0.2) is 0 Å². The van der Waals surface area contributed by atoms with E-state index < -0.39 is 17.2 Å². The monoisotopic (exact) mass is 282 g/mol. The van der Waals surface area contributed by atoms with Gasteiger partial charge in [-0.15, -0.1) is 0 Å². The Hall–Kier alpha value is -2.46. The standard InChI is InChI=1S/C17H14O4/c1-9-7-11(8-10(2)14(9)18)17(21)15(19)12-5-3-4-6-13(12)16(17)20/h3-8,18,21H,1-2H3. The first-order valence-corrected chi connectivity index (χ1v) is 6.59. The third kappa shape index (κ3) is 1.66. The smallest absolute Gasteiger partial charge is 0.216 e. The molecule has 106 valence electrons. The largest absolute Gasteiger partial charge is 0.507 e. The molecule has 3 rings (SSSR count). The maximum atomic E-state index is 12.5. The predicted molar refractivity (Wildman–Crippen MR) is 76.6 cm³/mol. The van der Waals surface area contributed by atoms with Crippen LogP contribution in [0.5, 0.6) is 5.75 Å². The van der Waals surface area contributed by atoms with Crippen LogP contribution < -0.4 is 0 Å². The summed E-state index contributed by atoms with van der Waals surface area (Å²) in [6, 6.07) is 9.33. The number of ketones is 2. The third-order valence-electron chi connectivity index (χ3n) is 3.98. The number of fused-ring (bicyclic) bond motifs is 1. The summed E-state index contributed by atoms with van der Waals surface area (Å²) < 4.78 is 0. The van der Waals surface area contributed by atoms with Crippen molar-refractivity contribution < 1.29 is 19.8 Å². The molecule has 0 saturated carbocycles. The van der Waals surface area contributed by atoms with E-state index in [1.807, 2.05) is 0 Å². The van der Waals surface area contributed by atoms with Gasteiger partial charge in [0.05, 0.1) is 0 Å². The second kappa shape index (κ2) is 4.27. The van der Waals surface area contributed by atoms with Gasteiger partial charge in [0.2, 0.25) is 17.2 Å². The molecule has 4 heteroatoms. The number of phenolic OH excluding ortho intramolecular Hbond substituents is 1. The Labute approximate surface area is 121 Å². The van der Waals surface area contributed by atoms with E-state index in [0.717, 1.165) is 0 Å². The van der Waals surface area contributed by atoms with Gasteiger partial charge in [0.1, 0.15) is 5.75 Å². The van der Waals surface area contributed by atoms with E-state index in [4.69, 9.17) is 0 Å². The number of aromatic hydroxyl groups is 1. The fourth-order valence-electron chi connectivity index (χ4n) is 2.80. The Bertz CT molecular complexity index is 731. The first kappa shape index (κ1) is 13.5. The summed E-state index contributed by atoms with van der Waals surface area (Å²) >= 11 is 0.